The van der Waals surface area contributed by atoms with Gasteiger partial charge >= 0.3 is 0 Å². The van der Waals surface area contributed by atoms with E-state index < -0.39 is 0 Å². The van der Waals surface area contributed by atoms with Crippen molar-refractivity contribution >= 4 is 45.3 Å². The summed E-state index contributed by atoms with van der Waals surface area (Å²) in [5.41, 5.74) is 1.77. The number of benzene rings is 1. The van der Waals surface area contributed by atoms with Crippen molar-refractivity contribution in [2.75, 3.05) is 5.75 Å². The standard InChI is InChI=1S/C17H16IN3OS/c1-2-8-23-17-20-15-6-5-13(18)9-14(15)16(22)21(17)11-12-4-3-7-19-10-12/h3-7,9-10H,2,8,11H2,1H3. The maximum atomic E-state index is 13.0. The van der Waals surface area contributed by atoms with Gasteiger partial charge in [-0.2, -0.15) is 0 Å². The third-order valence-corrected chi connectivity index (χ3v) is 5.23. The van der Waals surface area contributed by atoms with Crippen molar-refractivity contribution in [2.45, 2.75) is 25.0 Å². The van der Waals surface area contributed by atoms with Crippen LogP contribution >= 0.6 is 34.4 Å². The fourth-order valence-electron chi connectivity index (χ4n) is 2.29. The molecule has 0 bridgehead atoms. The molecule has 3 rings (SSSR count). The molecule has 118 valence electrons. The first-order valence-electron chi connectivity index (χ1n) is 7.41. The molecule has 6 heteroatoms. The minimum absolute atomic E-state index is 0.0102. The van der Waals surface area contributed by atoms with Gasteiger partial charge in [-0.05, 0) is 58.8 Å². The molecule has 0 atom stereocenters. The van der Waals surface area contributed by atoms with E-state index in [-0.39, 0.29) is 5.56 Å². The average molecular weight is 437 g/mol. The summed E-state index contributed by atoms with van der Waals surface area (Å²) >= 11 is 3.85. The monoisotopic (exact) mass is 437 g/mol. The van der Waals surface area contributed by atoms with Crippen molar-refractivity contribution in [3.8, 4) is 0 Å². The van der Waals surface area contributed by atoms with Crippen LogP contribution in [0.2, 0.25) is 0 Å². The predicted molar refractivity (Wildman–Crippen MR) is 103 cm³/mol. The quantitative estimate of drug-likeness (QED) is 0.345. The number of hydrogen-bond donors (Lipinski definition) is 0. The van der Waals surface area contributed by atoms with Crippen LogP contribution in [-0.2, 0) is 6.54 Å². The van der Waals surface area contributed by atoms with Crippen molar-refractivity contribution in [1.82, 2.24) is 14.5 Å². The van der Waals surface area contributed by atoms with E-state index in [4.69, 9.17) is 4.98 Å². The lowest BCUT2D eigenvalue weighted by Crippen LogP contribution is -2.24. The maximum Gasteiger partial charge on any atom is 0.262 e. The maximum absolute atomic E-state index is 13.0. The summed E-state index contributed by atoms with van der Waals surface area (Å²) < 4.78 is 2.80. The molecule has 3 aromatic rings. The fraction of sp³-hybridized carbons (Fsp3) is 0.235. The first-order valence-corrected chi connectivity index (χ1v) is 9.47. The first-order chi connectivity index (χ1) is 11.2. The van der Waals surface area contributed by atoms with E-state index in [2.05, 4.69) is 34.5 Å². The Hall–Kier alpha value is -1.41. The zero-order valence-corrected chi connectivity index (χ0v) is 15.7. The second-order valence-corrected chi connectivity index (χ2v) is 7.46. The zero-order chi connectivity index (χ0) is 16.2. The smallest absolute Gasteiger partial charge is 0.262 e. The summed E-state index contributed by atoms with van der Waals surface area (Å²) in [5.74, 6) is 0.940. The number of thioether (sulfide) groups is 1. The van der Waals surface area contributed by atoms with E-state index in [1.807, 2.05) is 30.3 Å². The SMILES string of the molecule is CCCSc1nc2ccc(I)cc2c(=O)n1Cc1cccnc1. The Kier molecular flexibility index (Phi) is 5.32. The molecule has 1 aromatic carbocycles. The molecule has 0 aliphatic carbocycles. The Morgan fingerprint density at radius 1 is 1.30 bits per heavy atom. The van der Waals surface area contributed by atoms with Gasteiger partial charge in [0.15, 0.2) is 5.16 Å². The lowest BCUT2D eigenvalue weighted by molar-refractivity contribution is 0.656. The molecule has 4 nitrogen and oxygen atoms in total. The van der Waals surface area contributed by atoms with Crippen LogP contribution in [-0.4, -0.2) is 20.3 Å². The van der Waals surface area contributed by atoms with Gasteiger partial charge in [-0.1, -0.05) is 24.8 Å². The van der Waals surface area contributed by atoms with Crippen LogP contribution in [0.15, 0.2) is 52.7 Å². The second-order valence-electron chi connectivity index (χ2n) is 5.16. The summed E-state index contributed by atoms with van der Waals surface area (Å²) in [6, 6.07) is 9.67. The number of halogens is 1. The van der Waals surface area contributed by atoms with Crippen molar-refractivity contribution in [2.24, 2.45) is 0 Å². The molecule has 0 unspecified atom stereocenters. The average Bonchev–Trinajstić information content (AvgIpc) is 2.57. The molecule has 0 fully saturated rings. The molecule has 0 spiro atoms. The highest BCUT2D eigenvalue weighted by atomic mass is 127. The van der Waals surface area contributed by atoms with Gasteiger partial charge in [0.2, 0.25) is 0 Å². The second kappa shape index (κ2) is 7.44. The number of nitrogens with zero attached hydrogens (tertiary/aromatic N) is 3. The van der Waals surface area contributed by atoms with Gasteiger partial charge in [-0.3, -0.25) is 14.3 Å². The number of pyridine rings is 1. The molecule has 0 radical (unpaired) electrons. The highest BCUT2D eigenvalue weighted by Gasteiger charge is 2.12. The molecular formula is C17H16IN3OS. The number of rotatable bonds is 5. The largest absolute Gasteiger partial charge is 0.283 e. The summed E-state index contributed by atoms with van der Waals surface area (Å²) in [7, 11) is 0. The van der Waals surface area contributed by atoms with Gasteiger partial charge < -0.3 is 0 Å². The van der Waals surface area contributed by atoms with Crippen molar-refractivity contribution in [3.05, 3.63) is 62.2 Å². The van der Waals surface area contributed by atoms with Gasteiger partial charge in [0.1, 0.15) is 0 Å². The minimum atomic E-state index is 0.0102. The molecule has 23 heavy (non-hydrogen) atoms. The molecule has 0 saturated carbocycles. The van der Waals surface area contributed by atoms with Gasteiger partial charge in [-0.25, -0.2) is 4.98 Å². The van der Waals surface area contributed by atoms with Gasteiger partial charge in [0.25, 0.3) is 5.56 Å². The van der Waals surface area contributed by atoms with E-state index >= 15 is 0 Å². The highest BCUT2D eigenvalue weighted by molar-refractivity contribution is 14.1. The number of fused-ring (bicyclic) bond motifs is 1. The Labute approximate surface area is 152 Å². The van der Waals surface area contributed by atoms with Crippen molar-refractivity contribution in [1.29, 1.82) is 0 Å². The summed E-state index contributed by atoms with van der Waals surface area (Å²) in [5, 5.41) is 1.44. The predicted octanol–water partition coefficient (Wildman–Crippen LogP) is 3.95. The normalized spacial score (nSPS) is 11.0. The van der Waals surface area contributed by atoms with E-state index in [0.717, 1.165) is 32.0 Å². The summed E-state index contributed by atoms with van der Waals surface area (Å²) in [6.07, 6.45) is 4.57. The minimum Gasteiger partial charge on any atom is -0.283 e. The number of hydrogen-bond acceptors (Lipinski definition) is 4. The van der Waals surface area contributed by atoms with E-state index in [1.54, 1.807) is 28.7 Å². The fourth-order valence-corrected chi connectivity index (χ4v) is 3.63. The number of aromatic nitrogens is 3. The van der Waals surface area contributed by atoms with E-state index in [0.29, 0.717) is 11.9 Å². The molecule has 2 heterocycles. The van der Waals surface area contributed by atoms with Crippen LogP contribution in [0, 0.1) is 3.57 Å². The van der Waals surface area contributed by atoms with Crippen LogP contribution in [0.5, 0.6) is 0 Å². The molecule has 0 aliphatic rings. The molecule has 2 aromatic heterocycles. The van der Waals surface area contributed by atoms with Crippen LogP contribution in [0.4, 0.5) is 0 Å². The third kappa shape index (κ3) is 3.74. The molecule has 0 aliphatic heterocycles. The van der Waals surface area contributed by atoms with Gasteiger partial charge in [0.05, 0.1) is 17.4 Å². The Morgan fingerprint density at radius 2 is 2.17 bits per heavy atom. The topological polar surface area (TPSA) is 47.8 Å². The lowest BCUT2D eigenvalue weighted by atomic mass is 10.2. The third-order valence-electron chi connectivity index (χ3n) is 3.38. The molecule has 0 N–H and O–H groups in total. The van der Waals surface area contributed by atoms with Gasteiger partial charge in [-0.15, -0.1) is 0 Å². The van der Waals surface area contributed by atoms with E-state index in [1.165, 1.54) is 0 Å². The van der Waals surface area contributed by atoms with Gasteiger partial charge in [0, 0.05) is 21.7 Å². The van der Waals surface area contributed by atoms with Crippen LogP contribution in [0.1, 0.15) is 18.9 Å². The van der Waals surface area contributed by atoms with Crippen LogP contribution < -0.4 is 5.56 Å². The lowest BCUT2D eigenvalue weighted by Gasteiger charge is -2.13. The Balaban J connectivity index is 2.15. The van der Waals surface area contributed by atoms with Crippen LogP contribution in [0.25, 0.3) is 10.9 Å². The highest BCUT2D eigenvalue weighted by Crippen LogP contribution is 2.20. The van der Waals surface area contributed by atoms with E-state index in [9.17, 15) is 4.79 Å². The molecular weight excluding hydrogens is 421 g/mol. The summed E-state index contributed by atoms with van der Waals surface area (Å²) in [6.45, 7) is 2.62. The summed E-state index contributed by atoms with van der Waals surface area (Å²) in [4.78, 5) is 21.8. The van der Waals surface area contributed by atoms with Crippen molar-refractivity contribution < 1.29 is 0 Å². The Bertz CT molecular complexity index is 880. The van der Waals surface area contributed by atoms with Crippen LogP contribution in [0.3, 0.4) is 0 Å². The Morgan fingerprint density at radius 3 is 2.91 bits per heavy atom. The molecule has 0 saturated heterocycles. The van der Waals surface area contributed by atoms with Crippen molar-refractivity contribution in [3.63, 3.8) is 0 Å². The molecule has 0 amide bonds. The zero-order valence-electron chi connectivity index (χ0n) is 12.7. The first kappa shape index (κ1) is 16.4.